The molecule has 1 unspecified atom stereocenters. The molecule has 0 aromatic heterocycles. The van der Waals surface area contributed by atoms with Gasteiger partial charge in [0, 0.05) is 12.8 Å². The van der Waals surface area contributed by atoms with Gasteiger partial charge in [0.1, 0.15) is 5.54 Å². The summed E-state index contributed by atoms with van der Waals surface area (Å²) < 4.78 is 0. The van der Waals surface area contributed by atoms with Gasteiger partial charge in [-0.1, -0.05) is 0 Å². The minimum atomic E-state index is -0.740. The molecule has 1 saturated carbocycles. The molecule has 86 valence electrons. The molecule has 0 aromatic rings. The lowest BCUT2D eigenvalue weighted by molar-refractivity contribution is -0.139. The number of nitrogens with zero attached hydrogens (tertiary/aromatic N) is 2. The number of hydrogen-bond donors (Lipinski definition) is 1. The van der Waals surface area contributed by atoms with Gasteiger partial charge in [-0.05, 0) is 25.8 Å². The van der Waals surface area contributed by atoms with Gasteiger partial charge in [-0.15, -0.1) is 0 Å². The first kappa shape index (κ1) is 11.1. The van der Waals surface area contributed by atoms with E-state index in [9.17, 15) is 14.9 Å². The van der Waals surface area contributed by atoms with Crippen molar-refractivity contribution in [1.29, 1.82) is 5.26 Å². The van der Waals surface area contributed by atoms with E-state index in [2.05, 4.69) is 11.4 Å². The van der Waals surface area contributed by atoms with Crippen LogP contribution in [0.4, 0.5) is 0 Å². The van der Waals surface area contributed by atoms with E-state index in [-0.39, 0.29) is 37.1 Å². The first-order valence-corrected chi connectivity index (χ1v) is 5.56. The highest BCUT2D eigenvalue weighted by Gasteiger charge is 2.48. The van der Waals surface area contributed by atoms with Gasteiger partial charge in [0.05, 0.1) is 12.6 Å². The largest absolute Gasteiger partial charge is 0.301 e. The highest BCUT2D eigenvalue weighted by atomic mass is 16.2. The minimum absolute atomic E-state index is 0.152. The molecule has 1 atom stereocenters. The predicted octanol–water partition coefficient (Wildman–Crippen LogP) is 0.0272. The second-order valence-corrected chi connectivity index (χ2v) is 4.48. The summed E-state index contributed by atoms with van der Waals surface area (Å²) in [6, 6.07) is 2.24. The molecule has 16 heavy (non-hydrogen) atoms. The van der Waals surface area contributed by atoms with Gasteiger partial charge in [-0.2, -0.15) is 5.26 Å². The standard InChI is InChI=1S/C11H15N3O2/c1-13-11(6-12,8-2-3-8)7-14-9(15)4-5-10(14)16/h8,13H,2-5,7H2,1H3. The summed E-state index contributed by atoms with van der Waals surface area (Å²) in [5, 5.41) is 12.2. The Labute approximate surface area is 94.4 Å². The van der Waals surface area contributed by atoms with Crippen LogP contribution in [0.5, 0.6) is 0 Å². The second kappa shape index (κ2) is 3.87. The SMILES string of the molecule is CNC(C#N)(CN1C(=O)CCC1=O)C1CC1. The lowest BCUT2D eigenvalue weighted by atomic mass is 9.94. The Morgan fingerprint density at radius 1 is 1.44 bits per heavy atom. The molecule has 0 spiro atoms. The zero-order chi connectivity index (χ0) is 11.8. The van der Waals surface area contributed by atoms with E-state index in [1.165, 1.54) is 4.90 Å². The fraction of sp³-hybridized carbons (Fsp3) is 0.727. The molecule has 2 aliphatic rings. The van der Waals surface area contributed by atoms with Crippen LogP contribution in [0.25, 0.3) is 0 Å². The van der Waals surface area contributed by atoms with Gasteiger partial charge >= 0.3 is 0 Å². The smallest absolute Gasteiger partial charge is 0.229 e. The van der Waals surface area contributed by atoms with Crippen molar-refractivity contribution < 1.29 is 9.59 Å². The maximum atomic E-state index is 11.5. The van der Waals surface area contributed by atoms with Crippen molar-refractivity contribution >= 4 is 11.8 Å². The molecule has 1 saturated heterocycles. The maximum Gasteiger partial charge on any atom is 0.229 e. The van der Waals surface area contributed by atoms with Crippen molar-refractivity contribution in [3.63, 3.8) is 0 Å². The first-order chi connectivity index (χ1) is 7.63. The Hall–Kier alpha value is -1.41. The van der Waals surface area contributed by atoms with E-state index in [1.54, 1.807) is 7.05 Å². The lowest BCUT2D eigenvalue weighted by Gasteiger charge is -2.29. The molecule has 0 radical (unpaired) electrons. The van der Waals surface area contributed by atoms with Crippen LogP contribution in [0.3, 0.4) is 0 Å². The fourth-order valence-corrected chi connectivity index (χ4v) is 2.22. The van der Waals surface area contributed by atoms with Crippen LogP contribution >= 0.6 is 0 Å². The van der Waals surface area contributed by atoms with Crippen LogP contribution in [0.15, 0.2) is 0 Å². The molecule has 5 heteroatoms. The van der Waals surface area contributed by atoms with E-state index in [0.29, 0.717) is 0 Å². The van der Waals surface area contributed by atoms with Crippen molar-refractivity contribution in [2.24, 2.45) is 5.92 Å². The first-order valence-electron chi connectivity index (χ1n) is 5.56. The number of carbonyl (C=O) groups excluding carboxylic acids is 2. The van der Waals surface area contributed by atoms with Crippen molar-refractivity contribution in [3.8, 4) is 6.07 Å². The Bertz CT molecular complexity index is 354. The number of amides is 2. The summed E-state index contributed by atoms with van der Waals surface area (Å²) in [5.41, 5.74) is -0.740. The number of rotatable bonds is 4. The summed E-state index contributed by atoms with van der Waals surface area (Å²) in [4.78, 5) is 24.2. The van der Waals surface area contributed by atoms with Crippen molar-refractivity contribution in [3.05, 3.63) is 0 Å². The number of likely N-dealkylation sites (N-methyl/N-ethyl adjacent to an activating group) is 1. The number of nitrogens with one attached hydrogen (secondary N) is 1. The highest BCUT2D eigenvalue weighted by molar-refractivity contribution is 6.02. The lowest BCUT2D eigenvalue weighted by Crippen LogP contribution is -2.54. The van der Waals surface area contributed by atoms with Gasteiger partial charge < -0.3 is 5.32 Å². The molecular formula is C11H15N3O2. The number of nitriles is 1. The zero-order valence-electron chi connectivity index (χ0n) is 9.32. The Morgan fingerprint density at radius 3 is 2.38 bits per heavy atom. The van der Waals surface area contributed by atoms with Gasteiger partial charge in [-0.25, -0.2) is 0 Å². The van der Waals surface area contributed by atoms with E-state index in [4.69, 9.17) is 0 Å². The molecule has 5 nitrogen and oxygen atoms in total. The van der Waals surface area contributed by atoms with Gasteiger partial charge in [-0.3, -0.25) is 14.5 Å². The van der Waals surface area contributed by atoms with Crippen LogP contribution in [0.1, 0.15) is 25.7 Å². The third-order valence-electron chi connectivity index (χ3n) is 3.48. The molecular weight excluding hydrogens is 206 g/mol. The average Bonchev–Trinajstić information content (AvgIpc) is 3.08. The Morgan fingerprint density at radius 2 is 2.00 bits per heavy atom. The molecule has 1 heterocycles. The molecule has 0 aromatic carbocycles. The molecule has 2 fully saturated rings. The van der Waals surface area contributed by atoms with Crippen LogP contribution in [-0.4, -0.2) is 35.8 Å². The molecule has 0 bridgehead atoms. The third kappa shape index (κ3) is 1.69. The van der Waals surface area contributed by atoms with E-state index in [1.807, 2.05) is 0 Å². The summed E-state index contributed by atoms with van der Waals surface area (Å²) in [5.74, 6) is -0.0373. The van der Waals surface area contributed by atoms with Crippen molar-refractivity contribution in [2.75, 3.05) is 13.6 Å². The quantitative estimate of drug-likeness (QED) is 0.680. The number of imide groups is 1. The molecule has 2 rings (SSSR count). The third-order valence-corrected chi connectivity index (χ3v) is 3.48. The Balaban J connectivity index is 2.14. The number of likely N-dealkylation sites (tertiary alicyclic amines) is 1. The number of hydrogen-bond acceptors (Lipinski definition) is 4. The fourth-order valence-electron chi connectivity index (χ4n) is 2.22. The topological polar surface area (TPSA) is 73.2 Å². The Kier molecular flexibility index (Phi) is 2.68. The van der Waals surface area contributed by atoms with Crippen LogP contribution in [0, 0.1) is 17.2 Å². The molecule has 1 aliphatic heterocycles. The van der Waals surface area contributed by atoms with Crippen LogP contribution in [0.2, 0.25) is 0 Å². The van der Waals surface area contributed by atoms with Crippen molar-refractivity contribution in [1.82, 2.24) is 10.2 Å². The summed E-state index contributed by atoms with van der Waals surface area (Å²) in [6.07, 6.45) is 2.55. The summed E-state index contributed by atoms with van der Waals surface area (Å²) in [6.45, 7) is 0.197. The molecule has 1 aliphatic carbocycles. The number of carbonyl (C=O) groups is 2. The van der Waals surface area contributed by atoms with Gasteiger partial charge in [0.2, 0.25) is 11.8 Å². The second-order valence-electron chi connectivity index (χ2n) is 4.48. The van der Waals surface area contributed by atoms with Gasteiger partial charge in [0.15, 0.2) is 0 Å². The normalized spacial score (nSPS) is 24.4. The van der Waals surface area contributed by atoms with Crippen molar-refractivity contribution in [2.45, 2.75) is 31.2 Å². The summed E-state index contributed by atoms with van der Waals surface area (Å²) in [7, 11) is 1.71. The maximum absolute atomic E-state index is 11.5. The monoisotopic (exact) mass is 221 g/mol. The van der Waals surface area contributed by atoms with Crippen LogP contribution in [-0.2, 0) is 9.59 Å². The van der Waals surface area contributed by atoms with Gasteiger partial charge in [0.25, 0.3) is 0 Å². The van der Waals surface area contributed by atoms with E-state index >= 15 is 0 Å². The molecule has 1 N–H and O–H groups in total. The minimum Gasteiger partial charge on any atom is -0.301 e. The highest BCUT2D eigenvalue weighted by Crippen LogP contribution is 2.40. The van der Waals surface area contributed by atoms with Crippen LogP contribution < -0.4 is 5.32 Å². The average molecular weight is 221 g/mol. The molecule has 2 amide bonds. The van der Waals surface area contributed by atoms with E-state index < -0.39 is 5.54 Å². The zero-order valence-corrected chi connectivity index (χ0v) is 9.32. The predicted molar refractivity (Wildman–Crippen MR) is 56.1 cm³/mol. The summed E-state index contributed by atoms with van der Waals surface area (Å²) >= 11 is 0. The van der Waals surface area contributed by atoms with E-state index in [0.717, 1.165) is 12.8 Å².